The summed E-state index contributed by atoms with van der Waals surface area (Å²) in [5.41, 5.74) is 0. The van der Waals surface area contributed by atoms with Gasteiger partial charge in [0, 0.05) is 13.0 Å². The Labute approximate surface area is 93.0 Å². The number of nitrogens with one attached hydrogen (secondary N) is 2. The molecule has 0 bridgehead atoms. The number of carbonyl (C=O) groups is 1. The van der Waals surface area contributed by atoms with Gasteiger partial charge in [0.15, 0.2) is 0 Å². The van der Waals surface area contributed by atoms with Crippen LogP contribution >= 0.6 is 0 Å². The van der Waals surface area contributed by atoms with E-state index in [0.29, 0.717) is 6.42 Å². The molecule has 1 heterocycles. The first kappa shape index (κ1) is 12.5. The molecule has 15 heavy (non-hydrogen) atoms. The van der Waals surface area contributed by atoms with Crippen LogP contribution in [0.5, 0.6) is 0 Å². The molecule has 88 valence electrons. The van der Waals surface area contributed by atoms with Gasteiger partial charge in [-0.2, -0.15) is 0 Å². The third-order valence-electron chi connectivity index (χ3n) is 3.04. The maximum atomic E-state index is 11.2. The molecule has 1 saturated heterocycles. The van der Waals surface area contributed by atoms with E-state index in [-0.39, 0.29) is 5.91 Å². The fourth-order valence-electron chi connectivity index (χ4n) is 2.17. The molecule has 0 aromatic carbocycles. The summed E-state index contributed by atoms with van der Waals surface area (Å²) >= 11 is 0. The van der Waals surface area contributed by atoms with E-state index in [9.17, 15) is 4.79 Å². The van der Waals surface area contributed by atoms with E-state index in [4.69, 9.17) is 0 Å². The van der Waals surface area contributed by atoms with Crippen molar-refractivity contribution in [3.8, 4) is 0 Å². The first-order chi connectivity index (χ1) is 7.33. The zero-order chi connectivity index (χ0) is 10.9. The molecule has 2 N–H and O–H groups in total. The van der Waals surface area contributed by atoms with Crippen molar-refractivity contribution in [2.24, 2.45) is 5.92 Å². The molecule has 1 unspecified atom stereocenters. The van der Waals surface area contributed by atoms with E-state index in [1.165, 1.54) is 32.2 Å². The predicted octanol–water partition coefficient (Wildman–Crippen LogP) is 1.68. The zero-order valence-corrected chi connectivity index (χ0v) is 9.85. The Bertz CT molecular complexity index is 174. The summed E-state index contributed by atoms with van der Waals surface area (Å²) in [6.45, 7) is 5.04. The number of hydrogen-bond acceptors (Lipinski definition) is 2. The van der Waals surface area contributed by atoms with Crippen LogP contribution in [-0.2, 0) is 4.79 Å². The Morgan fingerprint density at radius 1 is 1.47 bits per heavy atom. The average molecular weight is 212 g/mol. The second-order valence-corrected chi connectivity index (χ2v) is 4.41. The van der Waals surface area contributed by atoms with Crippen LogP contribution in [0, 0.1) is 5.92 Å². The largest absolute Gasteiger partial charge is 0.356 e. The molecule has 1 aliphatic heterocycles. The molecule has 0 aromatic heterocycles. The second kappa shape index (κ2) is 7.69. The van der Waals surface area contributed by atoms with Crippen molar-refractivity contribution >= 4 is 5.91 Å². The minimum atomic E-state index is 0.207. The number of carbonyl (C=O) groups excluding carboxylic acids is 1. The molecule has 0 aliphatic carbocycles. The highest BCUT2D eigenvalue weighted by Gasteiger charge is 2.11. The molecule has 0 spiro atoms. The summed E-state index contributed by atoms with van der Waals surface area (Å²) in [7, 11) is 0. The molecule has 3 heteroatoms. The van der Waals surface area contributed by atoms with Crippen LogP contribution in [0.2, 0.25) is 0 Å². The molecule has 1 aliphatic rings. The van der Waals surface area contributed by atoms with Gasteiger partial charge in [0.25, 0.3) is 0 Å². The lowest BCUT2D eigenvalue weighted by Gasteiger charge is -2.13. The number of rotatable bonds is 5. The predicted molar refractivity (Wildman–Crippen MR) is 62.7 cm³/mol. The van der Waals surface area contributed by atoms with Crippen molar-refractivity contribution < 1.29 is 4.79 Å². The first-order valence-electron chi connectivity index (χ1n) is 6.30. The van der Waals surface area contributed by atoms with E-state index >= 15 is 0 Å². The second-order valence-electron chi connectivity index (χ2n) is 4.41. The molecule has 0 saturated carbocycles. The Morgan fingerprint density at radius 3 is 3.13 bits per heavy atom. The van der Waals surface area contributed by atoms with E-state index in [0.717, 1.165) is 25.4 Å². The molecule has 1 amide bonds. The minimum Gasteiger partial charge on any atom is -0.356 e. The Hall–Kier alpha value is -0.570. The molecule has 1 fully saturated rings. The van der Waals surface area contributed by atoms with Gasteiger partial charge in [-0.3, -0.25) is 4.79 Å². The monoisotopic (exact) mass is 212 g/mol. The fourth-order valence-corrected chi connectivity index (χ4v) is 2.17. The van der Waals surface area contributed by atoms with Crippen molar-refractivity contribution in [3.63, 3.8) is 0 Å². The van der Waals surface area contributed by atoms with Gasteiger partial charge in [0.05, 0.1) is 0 Å². The first-order valence-corrected chi connectivity index (χ1v) is 6.30. The molecular weight excluding hydrogens is 188 g/mol. The van der Waals surface area contributed by atoms with Gasteiger partial charge in [-0.15, -0.1) is 0 Å². The van der Waals surface area contributed by atoms with E-state index in [2.05, 4.69) is 10.6 Å². The van der Waals surface area contributed by atoms with Gasteiger partial charge < -0.3 is 10.6 Å². The molecule has 0 radical (unpaired) electrons. The van der Waals surface area contributed by atoms with Crippen LogP contribution < -0.4 is 10.6 Å². The van der Waals surface area contributed by atoms with Crippen molar-refractivity contribution in [1.82, 2.24) is 10.6 Å². The van der Waals surface area contributed by atoms with E-state index in [1.807, 2.05) is 6.92 Å². The van der Waals surface area contributed by atoms with Crippen molar-refractivity contribution in [2.75, 3.05) is 19.6 Å². The normalized spacial score (nSPS) is 22.1. The van der Waals surface area contributed by atoms with Crippen LogP contribution in [0.1, 0.15) is 45.4 Å². The topological polar surface area (TPSA) is 41.1 Å². The van der Waals surface area contributed by atoms with Gasteiger partial charge in [-0.25, -0.2) is 0 Å². The molecule has 1 atom stereocenters. The van der Waals surface area contributed by atoms with Crippen LogP contribution in [0.25, 0.3) is 0 Å². The van der Waals surface area contributed by atoms with Gasteiger partial charge in [-0.1, -0.05) is 6.42 Å². The molecule has 0 aromatic rings. The highest BCUT2D eigenvalue weighted by Crippen LogP contribution is 2.17. The number of hydrogen-bond donors (Lipinski definition) is 2. The lowest BCUT2D eigenvalue weighted by molar-refractivity contribution is -0.121. The molecular formula is C12H24N2O. The Balaban J connectivity index is 2.05. The summed E-state index contributed by atoms with van der Waals surface area (Å²) in [5, 5.41) is 6.30. The summed E-state index contributed by atoms with van der Waals surface area (Å²) in [6.07, 6.45) is 6.93. The molecule has 1 rings (SSSR count). The van der Waals surface area contributed by atoms with Crippen LogP contribution in [0.3, 0.4) is 0 Å². The minimum absolute atomic E-state index is 0.207. The Morgan fingerprint density at radius 2 is 2.33 bits per heavy atom. The van der Waals surface area contributed by atoms with Gasteiger partial charge in [0.2, 0.25) is 5.91 Å². The quantitative estimate of drug-likeness (QED) is 0.728. The van der Waals surface area contributed by atoms with E-state index in [1.54, 1.807) is 0 Å². The standard InChI is InChI=1S/C12H24N2O/c1-2-14-12(15)8-5-7-11-6-3-4-9-13-10-11/h11,13H,2-10H2,1H3,(H,14,15). The number of amides is 1. The SMILES string of the molecule is CCNC(=O)CCCC1CCCCNC1. The Kier molecular flexibility index (Phi) is 6.41. The highest BCUT2D eigenvalue weighted by molar-refractivity contribution is 5.75. The van der Waals surface area contributed by atoms with Crippen molar-refractivity contribution in [1.29, 1.82) is 0 Å². The van der Waals surface area contributed by atoms with Crippen molar-refractivity contribution in [3.05, 3.63) is 0 Å². The summed E-state index contributed by atoms with van der Waals surface area (Å²) in [5.74, 6) is 1.00. The average Bonchev–Trinajstić information content (AvgIpc) is 2.47. The summed E-state index contributed by atoms with van der Waals surface area (Å²) in [6, 6.07) is 0. The maximum absolute atomic E-state index is 11.2. The third kappa shape index (κ3) is 5.78. The van der Waals surface area contributed by atoms with Crippen molar-refractivity contribution in [2.45, 2.75) is 45.4 Å². The fraction of sp³-hybridized carbons (Fsp3) is 0.917. The summed E-state index contributed by atoms with van der Waals surface area (Å²) < 4.78 is 0. The van der Waals surface area contributed by atoms with E-state index < -0.39 is 0 Å². The molecule has 3 nitrogen and oxygen atoms in total. The van der Waals surface area contributed by atoms with Crippen LogP contribution in [0.4, 0.5) is 0 Å². The van der Waals surface area contributed by atoms with Gasteiger partial charge in [-0.05, 0) is 51.6 Å². The third-order valence-corrected chi connectivity index (χ3v) is 3.04. The maximum Gasteiger partial charge on any atom is 0.219 e. The van der Waals surface area contributed by atoms with Gasteiger partial charge >= 0.3 is 0 Å². The lowest BCUT2D eigenvalue weighted by atomic mass is 9.97. The smallest absolute Gasteiger partial charge is 0.219 e. The van der Waals surface area contributed by atoms with Crippen LogP contribution in [-0.4, -0.2) is 25.5 Å². The highest BCUT2D eigenvalue weighted by atomic mass is 16.1. The summed E-state index contributed by atoms with van der Waals surface area (Å²) in [4.78, 5) is 11.2. The van der Waals surface area contributed by atoms with Gasteiger partial charge in [0.1, 0.15) is 0 Å². The zero-order valence-electron chi connectivity index (χ0n) is 9.85. The van der Waals surface area contributed by atoms with Crippen LogP contribution in [0.15, 0.2) is 0 Å². The lowest BCUT2D eigenvalue weighted by Crippen LogP contribution is -2.23.